The molecule has 0 aliphatic heterocycles. The summed E-state index contributed by atoms with van der Waals surface area (Å²) in [5.41, 5.74) is 8.17. The maximum atomic E-state index is 13.2. The van der Waals surface area contributed by atoms with Gasteiger partial charge in [0.2, 0.25) is 5.78 Å². The Morgan fingerprint density at radius 1 is 0.800 bits per heavy atom. The maximum absolute atomic E-state index is 13.2. The van der Waals surface area contributed by atoms with Crippen LogP contribution in [-0.2, 0) is 19.7 Å². The van der Waals surface area contributed by atoms with Gasteiger partial charge in [0.25, 0.3) is 10.1 Å². The number of hydrogen-bond acceptors (Lipinski definition) is 10. The summed E-state index contributed by atoms with van der Waals surface area (Å²) in [4.78, 5) is 39.3. The van der Waals surface area contributed by atoms with Crippen molar-refractivity contribution < 1.29 is 37.6 Å². The van der Waals surface area contributed by atoms with E-state index in [4.69, 9.17) is 5.11 Å². The summed E-state index contributed by atoms with van der Waals surface area (Å²) in [5, 5.41) is 26.7. The van der Waals surface area contributed by atoms with E-state index in [1.807, 2.05) is 12.1 Å². The summed E-state index contributed by atoms with van der Waals surface area (Å²) >= 11 is 0. The number of carbonyl (C=O) groups is 3. The van der Waals surface area contributed by atoms with Crippen LogP contribution in [0.25, 0.3) is 17.2 Å². The van der Waals surface area contributed by atoms with Gasteiger partial charge in [0.1, 0.15) is 10.5 Å². The number of hydrogen-bond donors (Lipinski definition) is 5. The molecule has 226 valence electrons. The summed E-state index contributed by atoms with van der Waals surface area (Å²) in [6.07, 6.45) is 4.86. The SMILES string of the molecule is CC(O)=Nc1ccc2c(c1)C(=O)/C(=N\Nc1ccc(-c3ccc(N/N=C4\C=CC(=O)C(C(=O)O)=C4)cc3)cc1)C(S(=O)(=O)O)=C2. The lowest BCUT2D eigenvalue weighted by Gasteiger charge is -2.16. The number of ketones is 2. The van der Waals surface area contributed by atoms with Crippen LogP contribution in [0, 0.1) is 0 Å². The molecule has 0 spiro atoms. The topological polar surface area (TPSA) is 207 Å². The highest BCUT2D eigenvalue weighted by Gasteiger charge is 2.33. The smallest absolute Gasteiger partial charge is 0.339 e. The Bertz CT molecular complexity index is 2040. The zero-order chi connectivity index (χ0) is 32.3. The molecular formula is C31H23N5O8S. The minimum atomic E-state index is -4.80. The molecule has 0 fully saturated rings. The number of anilines is 2. The predicted octanol–water partition coefficient (Wildman–Crippen LogP) is 4.77. The van der Waals surface area contributed by atoms with Gasteiger partial charge >= 0.3 is 5.97 Å². The summed E-state index contributed by atoms with van der Waals surface area (Å²) in [5.74, 6) is -2.92. The number of Topliss-reactive ketones (excluding diaryl/α,β-unsaturated/α-hetero) is 1. The number of carbonyl (C=O) groups excluding carboxylic acids is 2. The van der Waals surface area contributed by atoms with Crippen molar-refractivity contribution in [2.75, 3.05) is 10.9 Å². The molecule has 0 atom stereocenters. The molecule has 0 amide bonds. The van der Waals surface area contributed by atoms with E-state index in [0.717, 1.165) is 23.3 Å². The van der Waals surface area contributed by atoms with Gasteiger partial charge in [-0.05, 0) is 77.4 Å². The fraction of sp³-hybridized carbons (Fsp3) is 0.0323. The number of nitrogens with zero attached hydrogens (tertiary/aromatic N) is 3. The van der Waals surface area contributed by atoms with Crippen LogP contribution in [0.1, 0.15) is 22.8 Å². The quantitative estimate of drug-likeness (QED) is 0.0578. The maximum Gasteiger partial charge on any atom is 0.339 e. The molecule has 0 saturated carbocycles. The molecule has 5 rings (SSSR count). The van der Waals surface area contributed by atoms with Gasteiger partial charge in [0.05, 0.1) is 22.8 Å². The van der Waals surface area contributed by atoms with E-state index in [-0.39, 0.29) is 34.0 Å². The summed E-state index contributed by atoms with van der Waals surface area (Å²) in [7, 11) is -4.80. The summed E-state index contributed by atoms with van der Waals surface area (Å²) in [6.45, 7) is 1.36. The number of carboxylic acid groups (broad SMARTS) is 1. The first-order chi connectivity index (χ1) is 21.4. The molecule has 2 aliphatic carbocycles. The van der Waals surface area contributed by atoms with Gasteiger partial charge in [0.15, 0.2) is 17.4 Å². The first-order valence-electron chi connectivity index (χ1n) is 13.1. The second-order valence-corrected chi connectivity index (χ2v) is 11.1. The minimum Gasteiger partial charge on any atom is -0.497 e. The molecule has 5 N–H and O–H groups in total. The molecule has 0 radical (unpaired) electrons. The number of aliphatic carboxylic acids is 1. The first-order valence-corrected chi connectivity index (χ1v) is 14.5. The number of nitrogens with one attached hydrogen (secondary N) is 2. The average Bonchev–Trinajstić information content (AvgIpc) is 3.00. The molecule has 0 heterocycles. The lowest BCUT2D eigenvalue weighted by atomic mass is 9.94. The molecular weight excluding hydrogens is 602 g/mol. The van der Waals surface area contributed by atoms with E-state index in [0.29, 0.717) is 11.4 Å². The molecule has 45 heavy (non-hydrogen) atoms. The van der Waals surface area contributed by atoms with Crippen LogP contribution in [0.15, 0.2) is 111 Å². The van der Waals surface area contributed by atoms with E-state index >= 15 is 0 Å². The monoisotopic (exact) mass is 625 g/mol. The molecule has 0 saturated heterocycles. The normalized spacial score (nSPS) is 16.7. The van der Waals surface area contributed by atoms with E-state index < -0.39 is 38.3 Å². The zero-order valence-corrected chi connectivity index (χ0v) is 24.1. The van der Waals surface area contributed by atoms with Crippen molar-refractivity contribution in [3.8, 4) is 11.1 Å². The number of carboxylic acids is 1. The lowest BCUT2D eigenvalue weighted by molar-refractivity contribution is -0.134. The minimum absolute atomic E-state index is 0.0944. The highest BCUT2D eigenvalue weighted by Crippen LogP contribution is 2.29. The number of aliphatic hydroxyl groups excluding tert-OH is 1. The molecule has 14 heteroatoms. The molecule has 0 aromatic heterocycles. The fourth-order valence-corrected chi connectivity index (χ4v) is 5.01. The van der Waals surface area contributed by atoms with Crippen LogP contribution in [0.4, 0.5) is 17.1 Å². The van der Waals surface area contributed by atoms with Gasteiger partial charge < -0.3 is 10.2 Å². The van der Waals surface area contributed by atoms with Gasteiger partial charge in [-0.3, -0.25) is 25.0 Å². The van der Waals surface area contributed by atoms with Crippen LogP contribution in [0.5, 0.6) is 0 Å². The van der Waals surface area contributed by atoms with Crippen LogP contribution in [0.2, 0.25) is 0 Å². The summed E-state index contributed by atoms with van der Waals surface area (Å²) < 4.78 is 34.0. The molecule has 0 bridgehead atoms. The first kappa shape index (κ1) is 30.5. The molecule has 2 aliphatic rings. The van der Waals surface area contributed by atoms with Crippen molar-refractivity contribution in [3.05, 3.63) is 107 Å². The average molecular weight is 626 g/mol. The highest BCUT2D eigenvalue weighted by molar-refractivity contribution is 7.91. The van der Waals surface area contributed by atoms with Gasteiger partial charge in [-0.1, -0.05) is 30.3 Å². The van der Waals surface area contributed by atoms with Crippen molar-refractivity contribution in [1.82, 2.24) is 0 Å². The van der Waals surface area contributed by atoms with Crippen LogP contribution in [-0.4, -0.2) is 58.0 Å². The molecule has 3 aromatic rings. The lowest BCUT2D eigenvalue weighted by Crippen LogP contribution is -2.27. The van der Waals surface area contributed by atoms with Crippen LogP contribution >= 0.6 is 0 Å². The van der Waals surface area contributed by atoms with Gasteiger partial charge in [0, 0.05) is 12.5 Å². The van der Waals surface area contributed by atoms with Crippen molar-refractivity contribution in [3.63, 3.8) is 0 Å². The van der Waals surface area contributed by atoms with Gasteiger partial charge in [-0.2, -0.15) is 18.6 Å². The summed E-state index contributed by atoms with van der Waals surface area (Å²) in [6, 6.07) is 18.3. The Morgan fingerprint density at radius 2 is 1.40 bits per heavy atom. The third-order valence-electron chi connectivity index (χ3n) is 6.49. The van der Waals surface area contributed by atoms with E-state index in [1.54, 1.807) is 36.4 Å². The Morgan fingerprint density at radius 3 is 1.96 bits per heavy atom. The second kappa shape index (κ2) is 12.3. The van der Waals surface area contributed by atoms with Crippen molar-refractivity contribution in [1.29, 1.82) is 0 Å². The Hall–Kier alpha value is -5.99. The zero-order valence-electron chi connectivity index (χ0n) is 23.3. The van der Waals surface area contributed by atoms with E-state index in [2.05, 4.69) is 26.0 Å². The van der Waals surface area contributed by atoms with Crippen LogP contribution < -0.4 is 10.9 Å². The number of hydrazone groups is 2. The number of aliphatic imine (C=N–C) groups is 1. The van der Waals surface area contributed by atoms with E-state index in [1.165, 1.54) is 37.3 Å². The van der Waals surface area contributed by atoms with E-state index in [9.17, 15) is 32.5 Å². The fourth-order valence-electron chi connectivity index (χ4n) is 4.35. The predicted molar refractivity (Wildman–Crippen MR) is 170 cm³/mol. The van der Waals surface area contributed by atoms with Gasteiger partial charge in [-0.15, -0.1) is 0 Å². The largest absolute Gasteiger partial charge is 0.497 e. The van der Waals surface area contributed by atoms with Crippen molar-refractivity contribution >= 4 is 68.1 Å². The number of allylic oxidation sites excluding steroid dienone is 4. The highest BCUT2D eigenvalue weighted by atomic mass is 32.2. The number of fused-ring (bicyclic) bond motifs is 1. The Kier molecular flexibility index (Phi) is 8.34. The standard InChI is InChI=1S/C31H23N5O8S/c1-17(37)32-23-11-6-20-14-28(45(42,43)44)29(30(39)25(20)15-23)36-34-22-9-4-19(5-10-22)18-2-7-21(8-3-18)33-35-24-12-13-27(38)26(16-24)31(40)41/h2-16,33-34H,1H3,(H,32,37)(H,40,41)(H,42,43,44)/b35-24+,36-29-. The van der Waals surface area contributed by atoms with Crippen LogP contribution in [0.3, 0.4) is 0 Å². The van der Waals surface area contributed by atoms with Crippen molar-refractivity contribution in [2.24, 2.45) is 15.2 Å². The Labute approximate surface area is 256 Å². The number of benzene rings is 3. The molecule has 13 nitrogen and oxygen atoms in total. The number of aliphatic hydroxyl groups is 1. The molecule has 3 aromatic carbocycles. The number of rotatable bonds is 8. The Balaban J connectivity index is 1.31. The third-order valence-corrected chi connectivity index (χ3v) is 7.36. The second-order valence-electron chi connectivity index (χ2n) is 9.68. The third kappa shape index (κ3) is 6.98. The van der Waals surface area contributed by atoms with Crippen molar-refractivity contribution in [2.45, 2.75) is 6.92 Å². The van der Waals surface area contributed by atoms with Gasteiger partial charge in [-0.25, -0.2) is 9.79 Å². The molecule has 0 unspecified atom stereocenters.